The zero-order valence-electron chi connectivity index (χ0n) is 7.53. The van der Waals surface area contributed by atoms with Crippen molar-refractivity contribution in [2.75, 3.05) is 0 Å². The minimum Gasteiger partial charge on any atom is -0.431 e. The lowest BCUT2D eigenvalue weighted by Gasteiger charge is -2.00. The van der Waals surface area contributed by atoms with E-state index in [0.717, 1.165) is 4.88 Å². The number of nitrogens with zero attached hydrogens (tertiary/aromatic N) is 1. The average Bonchev–Trinajstić information content (AvgIpc) is 2.51. The summed E-state index contributed by atoms with van der Waals surface area (Å²) in [4.78, 5) is 5.08. The minimum atomic E-state index is -0.309. The zero-order chi connectivity index (χ0) is 9.97. The Morgan fingerprint density at radius 3 is 2.93 bits per heavy atom. The summed E-state index contributed by atoms with van der Waals surface area (Å²) in [5.74, 6) is 0.162. The van der Waals surface area contributed by atoms with Gasteiger partial charge in [0.1, 0.15) is 11.6 Å². The molecule has 1 aromatic carbocycles. The lowest BCUT2D eigenvalue weighted by molar-refractivity contribution is 0.473. The predicted molar refractivity (Wildman–Crippen MR) is 53.3 cm³/mol. The molecule has 1 aromatic heterocycles. The third-order valence-corrected chi connectivity index (χ3v) is 2.39. The number of hydrogen-bond acceptors (Lipinski definition) is 3. The van der Waals surface area contributed by atoms with E-state index in [9.17, 15) is 4.39 Å². The fourth-order valence-electron chi connectivity index (χ4n) is 1.01. The second kappa shape index (κ2) is 3.75. The molecule has 72 valence electrons. The highest BCUT2D eigenvalue weighted by atomic mass is 32.1. The Bertz CT molecular complexity index is 441. The summed E-state index contributed by atoms with van der Waals surface area (Å²) in [5, 5.41) is 0.535. The van der Waals surface area contributed by atoms with E-state index in [2.05, 4.69) is 4.98 Å². The first kappa shape index (κ1) is 9.15. The topological polar surface area (TPSA) is 22.1 Å². The molecule has 0 bridgehead atoms. The number of benzene rings is 1. The third kappa shape index (κ3) is 2.09. The van der Waals surface area contributed by atoms with Crippen LogP contribution in [0.2, 0.25) is 0 Å². The maximum Gasteiger partial charge on any atom is 0.278 e. The standard InChI is InChI=1S/C10H8FNOS/c1-7-6-12-10(14-7)13-9-4-2-3-8(11)5-9/h2-6H,1H3. The van der Waals surface area contributed by atoms with Gasteiger partial charge in [0, 0.05) is 17.1 Å². The number of hydrogen-bond donors (Lipinski definition) is 0. The molecule has 0 aliphatic heterocycles. The fraction of sp³-hybridized carbons (Fsp3) is 0.100. The number of thiazole rings is 1. The van der Waals surface area contributed by atoms with Crippen LogP contribution >= 0.6 is 11.3 Å². The van der Waals surface area contributed by atoms with E-state index in [1.165, 1.54) is 23.5 Å². The van der Waals surface area contributed by atoms with E-state index < -0.39 is 0 Å². The Morgan fingerprint density at radius 2 is 2.29 bits per heavy atom. The summed E-state index contributed by atoms with van der Waals surface area (Å²) >= 11 is 1.43. The summed E-state index contributed by atoms with van der Waals surface area (Å²) < 4.78 is 18.1. The molecule has 2 rings (SSSR count). The molecule has 0 spiro atoms. The third-order valence-electron chi connectivity index (χ3n) is 1.60. The van der Waals surface area contributed by atoms with E-state index in [-0.39, 0.29) is 5.82 Å². The molecule has 1 heterocycles. The van der Waals surface area contributed by atoms with Crippen molar-refractivity contribution in [1.82, 2.24) is 4.98 Å². The zero-order valence-corrected chi connectivity index (χ0v) is 8.34. The van der Waals surface area contributed by atoms with Gasteiger partial charge in [0.2, 0.25) is 0 Å². The minimum absolute atomic E-state index is 0.309. The molecular weight excluding hydrogens is 201 g/mol. The summed E-state index contributed by atoms with van der Waals surface area (Å²) in [6.45, 7) is 1.94. The SMILES string of the molecule is Cc1cnc(Oc2cccc(F)c2)s1. The molecule has 2 aromatic rings. The lowest BCUT2D eigenvalue weighted by atomic mass is 10.3. The Kier molecular flexibility index (Phi) is 2.45. The van der Waals surface area contributed by atoms with Crippen LogP contribution in [0.1, 0.15) is 4.88 Å². The number of halogens is 1. The van der Waals surface area contributed by atoms with Crippen molar-refractivity contribution in [2.24, 2.45) is 0 Å². The van der Waals surface area contributed by atoms with Gasteiger partial charge >= 0.3 is 0 Å². The second-order valence-corrected chi connectivity index (χ2v) is 3.99. The van der Waals surface area contributed by atoms with Crippen LogP contribution in [0.5, 0.6) is 10.9 Å². The fourth-order valence-corrected chi connectivity index (χ4v) is 1.64. The number of rotatable bonds is 2. The molecule has 0 radical (unpaired) electrons. The van der Waals surface area contributed by atoms with Crippen LogP contribution in [-0.4, -0.2) is 4.98 Å². The van der Waals surface area contributed by atoms with Crippen LogP contribution in [0, 0.1) is 12.7 Å². The quantitative estimate of drug-likeness (QED) is 0.756. The molecule has 0 unspecified atom stereocenters. The Labute approximate surface area is 85.0 Å². The van der Waals surface area contributed by atoms with Crippen LogP contribution in [0.15, 0.2) is 30.5 Å². The highest BCUT2D eigenvalue weighted by Crippen LogP contribution is 2.25. The van der Waals surface area contributed by atoms with E-state index in [1.807, 2.05) is 6.92 Å². The molecule has 0 fully saturated rings. The van der Waals surface area contributed by atoms with Gasteiger partial charge in [-0.3, -0.25) is 0 Å². The van der Waals surface area contributed by atoms with Crippen molar-refractivity contribution in [1.29, 1.82) is 0 Å². The summed E-state index contributed by atoms with van der Waals surface area (Å²) in [6, 6.07) is 6.00. The summed E-state index contributed by atoms with van der Waals surface area (Å²) in [5.41, 5.74) is 0. The van der Waals surface area contributed by atoms with E-state index >= 15 is 0 Å². The molecule has 2 nitrogen and oxygen atoms in total. The maximum atomic E-state index is 12.8. The van der Waals surface area contributed by atoms with Gasteiger partial charge in [0.05, 0.1) is 0 Å². The normalized spacial score (nSPS) is 10.1. The monoisotopic (exact) mass is 209 g/mol. The van der Waals surface area contributed by atoms with Gasteiger partial charge in [-0.25, -0.2) is 9.37 Å². The number of aromatic nitrogens is 1. The molecule has 0 saturated heterocycles. The van der Waals surface area contributed by atoms with Crippen LogP contribution in [0.3, 0.4) is 0 Å². The molecule has 4 heteroatoms. The molecule has 14 heavy (non-hydrogen) atoms. The first-order valence-electron chi connectivity index (χ1n) is 4.10. The van der Waals surface area contributed by atoms with Crippen molar-refractivity contribution < 1.29 is 9.13 Å². The van der Waals surface area contributed by atoms with Gasteiger partial charge < -0.3 is 4.74 Å². The van der Waals surface area contributed by atoms with E-state index in [1.54, 1.807) is 18.3 Å². The number of aryl methyl sites for hydroxylation is 1. The van der Waals surface area contributed by atoms with Crippen molar-refractivity contribution in [3.8, 4) is 10.9 Å². The van der Waals surface area contributed by atoms with Crippen LogP contribution in [0.25, 0.3) is 0 Å². The van der Waals surface area contributed by atoms with Crippen molar-refractivity contribution in [3.05, 3.63) is 41.2 Å². The van der Waals surface area contributed by atoms with E-state index in [4.69, 9.17) is 4.74 Å². The maximum absolute atomic E-state index is 12.8. The van der Waals surface area contributed by atoms with Gasteiger partial charge in [-0.15, -0.1) is 0 Å². The first-order valence-corrected chi connectivity index (χ1v) is 4.91. The molecule has 0 N–H and O–H groups in total. The van der Waals surface area contributed by atoms with Crippen molar-refractivity contribution >= 4 is 11.3 Å². The van der Waals surface area contributed by atoms with Gasteiger partial charge in [-0.1, -0.05) is 17.4 Å². The molecule has 0 aliphatic rings. The average molecular weight is 209 g/mol. The van der Waals surface area contributed by atoms with Gasteiger partial charge in [0.25, 0.3) is 5.19 Å². The lowest BCUT2D eigenvalue weighted by Crippen LogP contribution is -1.83. The van der Waals surface area contributed by atoms with Crippen LogP contribution in [-0.2, 0) is 0 Å². The van der Waals surface area contributed by atoms with Crippen molar-refractivity contribution in [2.45, 2.75) is 6.92 Å². The largest absolute Gasteiger partial charge is 0.431 e. The van der Waals surface area contributed by atoms with Crippen molar-refractivity contribution in [3.63, 3.8) is 0 Å². The molecule has 0 atom stereocenters. The number of ether oxygens (including phenoxy) is 1. The molecule has 0 amide bonds. The summed E-state index contributed by atoms with van der Waals surface area (Å²) in [7, 11) is 0. The van der Waals surface area contributed by atoms with Crippen LogP contribution in [0.4, 0.5) is 4.39 Å². The summed E-state index contributed by atoms with van der Waals surface area (Å²) in [6.07, 6.45) is 1.72. The Balaban J connectivity index is 2.18. The highest BCUT2D eigenvalue weighted by Gasteiger charge is 2.01. The molecule has 0 aliphatic carbocycles. The molecular formula is C10H8FNOS. The predicted octanol–water partition coefficient (Wildman–Crippen LogP) is 3.38. The van der Waals surface area contributed by atoms with Gasteiger partial charge in [-0.2, -0.15) is 0 Å². The van der Waals surface area contributed by atoms with Gasteiger partial charge in [0.15, 0.2) is 0 Å². The Morgan fingerprint density at radius 1 is 1.43 bits per heavy atom. The van der Waals surface area contributed by atoms with Gasteiger partial charge in [-0.05, 0) is 19.1 Å². The van der Waals surface area contributed by atoms with E-state index in [0.29, 0.717) is 10.9 Å². The smallest absolute Gasteiger partial charge is 0.278 e. The highest BCUT2D eigenvalue weighted by molar-refractivity contribution is 7.13. The molecule has 0 saturated carbocycles. The first-order chi connectivity index (χ1) is 6.74. The second-order valence-electron chi connectivity index (χ2n) is 2.80. The Hall–Kier alpha value is -1.42. The van der Waals surface area contributed by atoms with Crippen LogP contribution < -0.4 is 4.74 Å².